The summed E-state index contributed by atoms with van der Waals surface area (Å²) in [4.78, 5) is 20.5. The van der Waals surface area contributed by atoms with Gasteiger partial charge in [0.2, 0.25) is 0 Å². The van der Waals surface area contributed by atoms with Crippen LogP contribution in [-0.2, 0) is 12.0 Å². The molecule has 2 amide bonds. The van der Waals surface area contributed by atoms with Crippen LogP contribution in [0.5, 0.6) is 5.75 Å². The zero-order valence-corrected chi connectivity index (χ0v) is 19.5. The molecule has 0 aliphatic carbocycles. The van der Waals surface area contributed by atoms with E-state index in [1.807, 2.05) is 49.1 Å². The number of methoxy groups -OCH3 is 1. The second-order valence-electron chi connectivity index (χ2n) is 9.65. The molecule has 2 aliphatic rings. The number of rotatable bonds is 5. The molecule has 3 heterocycles. The number of hydrogen-bond donors (Lipinski definition) is 3. The maximum Gasteiger partial charge on any atom is 0.317 e. The fourth-order valence-corrected chi connectivity index (χ4v) is 5.52. The van der Waals surface area contributed by atoms with Crippen molar-refractivity contribution in [2.75, 3.05) is 33.4 Å². The highest BCUT2D eigenvalue weighted by atomic mass is 16.5. The summed E-state index contributed by atoms with van der Waals surface area (Å²) >= 11 is 0. The molecule has 2 aliphatic heterocycles. The van der Waals surface area contributed by atoms with Crippen molar-refractivity contribution in [2.24, 2.45) is 0 Å². The van der Waals surface area contributed by atoms with Crippen LogP contribution < -0.4 is 10.1 Å². The SMILES string of the molecule is COc1ccc2c3c([nH]c2c1)[C@H](CO)N(Cc1ccccc1)CC31CN(C(=O)NC(C)C)C1. The minimum Gasteiger partial charge on any atom is -0.497 e. The molecule has 0 saturated carbocycles. The summed E-state index contributed by atoms with van der Waals surface area (Å²) in [7, 11) is 1.67. The number of nitrogens with one attached hydrogen (secondary N) is 2. The van der Waals surface area contributed by atoms with Gasteiger partial charge >= 0.3 is 6.03 Å². The fourth-order valence-electron chi connectivity index (χ4n) is 5.52. The predicted octanol–water partition coefficient (Wildman–Crippen LogP) is 3.40. The molecule has 7 heteroatoms. The van der Waals surface area contributed by atoms with Crippen molar-refractivity contribution in [2.45, 2.75) is 37.9 Å². The molecular formula is C26H32N4O3. The van der Waals surface area contributed by atoms with Gasteiger partial charge in [-0.05, 0) is 37.1 Å². The molecule has 0 radical (unpaired) electrons. The van der Waals surface area contributed by atoms with Crippen molar-refractivity contribution < 1.29 is 14.6 Å². The van der Waals surface area contributed by atoms with Crippen LogP contribution in [0.4, 0.5) is 4.79 Å². The van der Waals surface area contributed by atoms with E-state index in [0.29, 0.717) is 13.1 Å². The Balaban J connectivity index is 1.56. The summed E-state index contributed by atoms with van der Waals surface area (Å²) in [5.41, 5.74) is 4.31. The molecule has 3 N–H and O–H groups in total. The maximum atomic E-state index is 12.7. The summed E-state index contributed by atoms with van der Waals surface area (Å²) in [5.74, 6) is 0.795. The molecule has 33 heavy (non-hydrogen) atoms. The van der Waals surface area contributed by atoms with Crippen molar-refractivity contribution in [3.05, 3.63) is 65.4 Å². The molecule has 1 fully saturated rings. The van der Waals surface area contributed by atoms with Gasteiger partial charge in [-0.15, -0.1) is 0 Å². The Labute approximate surface area is 194 Å². The quantitative estimate of drug-likeness (QED) is 0.559. The average Bonchev–Trinajstić information content (AvgIpc) is 3.16. The lowest BCUT2D eigenvalue weighted by Crippen LogP contribution is -2.69. The summed E-state index contributed by atoms with van der Waals surface area (Å²) in [5, 5.41) is 14.6. The second kappa shape index (κ2) is 8.39. The molecule has 0 unspecified atom stereocenters. The molecule has 1 aromatic heterocycles. The number of urea groups is 1. The number of carbonyl (C=O) groups excluding carboxylic acids is 1. The number of likely N-dealkylation sites (tertiary alicyclic amines) is 1. The van der Waals surface area contributed by atoms with Crippen molar-refractivity contribution in [1.82, 2.24) is 20.1 Å². The molecule has 1 saturated heterocycles. The monoisotopic (exact) mass is 448 g/mol. The number of benzene rings is 2. The van der Waals surface area contributed by atoms with Gasteiger partial charge in [-0.2, -0.15) is 0 Å². The summed E-state index contributed by atoms with van der Waals surface area (Å²) in [6, 6.07) is 16.4. The zero-order valence-electron chi connectivity index (χ0n) is 19.5. The standard InChI is InChI=1S/C26H32N4O3/c1-17(2)27-25(32)30-15-26(16-30)14-29(12-18-7-5-4-6-8-18)22(13-31)24-23(26)20-10-9-19(33-3)11-21(20)28-24/h4-11,17,22,28,31H,12-16H2,1-3H3,(H,27,32)/t22-/m0/s1. The number of fused-ring (bicyclic) bond motifs is 4. The number of ether oxygens (including phenoxy) is 1. The molecule has 3 aromatic rings. The van der Waals surface area contributed by atoms with Crippen LogP contribution in [0, 0.1) is 0 Å². The van der Waals surface area contributed by atoms with Gasteiger partial charge in [0.25, 0.3) is 0 Å². The average molecular weight is 449 g/mol. The smallest absolute Gasteiger partial charge is 0.317 e. The number of nitrogens with zero attached hydrogens (tertiary/aromatic N) is 2. The summed E-state index contributed by atoms with van der Waals surface area (Å²) in [6.07, 6.45) is 0. The van der Waals surface area contributed by atoms with E-state index in [4.69, 9.17) is 4.74 Å². The molecule has 5 rings (SSSR count). The number of aromatic amines is 1. The van der Waals surface area contributed by atoms with Gasteiger partial charge in [0.15, 0.2) is 0 Å². The van der Waals surface area contributed by atoms with E-state index in [2.05, 4.69) is 33.4 Å². The lowest BCUT2D eigenvalue weighted by Gasteiger charge is -2.56. The second-order valence-corrected chi connectivity index (χ2v) is 9.65. The number of H-pyrrole nitrogens is 1. The molecular weight excluding hydrogens is 416 g/mol. The van der Waals surface area contributed by atoms with E-state index >= 15 is 0 Å². The highest BCUT2D eigenvalue weighted by Crippen LogP contribution is 2.48. The maximum absolute atomic E-state index is 12.7. The highest BCUT2D eigenvalue weighted by Gasteiger charge is 2.54. The molecule has 0 bridgehead atoms. The molecule has 174 valence electrons. The third-order valence-corrected chi connectivity index (χ3v) is 6.93. The molecule has 1 spiro atoms. The Bertz CT molecular complexity index is 1150. The van der Waals surface area contributed by atoms with E-state index in [1.165, 1.54) is 11.1 Å². The Hall–Kier alpha value is -3.03. The number of aliphatic hydroxyl groups excluding tert-OH is 1. The normalized spacial score (nSPS) is 19.5. The number of aliphatic hydroxyl groups is 1. The number of aromatic nitrogens is 1. The molecule has 2 aromatic carbocycles. The lowest BCUT2D eigenvalue weighted by molar-refractivity contribution is 0.00952. The minimum atomic E-state index is -0.184. The van der Waals surface area contributed by atoms with Crippen molar-refractivity contribution in [3.8, 4) is 5.75 Å². The van der Waals surface area contributed by atoms with Crippen molar-refractivity contribution in [1.29, 1.82) is 0 Å². The lowest BCUT2D eigenvalue weighted by atomic mass is 9.68. The van der Waals surface area contributed by atoms with Gasteiger partial charge in [0.05, 0.1) is 19.8 Å². The Morgan fingerprint density at radius 1 is 1.21 bits per heavy atom. The van der Waals surface area contributed by atoms with Crippen LogP contribution >= 0.6 is 0 Å². The third-order valence-electron chi connectivity index (χ3n) is 6.93. The van der Waals surface area contributed by atoms with Crippen LogP contribution in [0.1, 0.15) is 36.7 Å². The fraction of sp³-hybridized carbons (Fsp3) is 0.423. The first-order chi connectivity index (χ1) is 15.9. The third kappa shape index (κ3) is 3.75. The first-order valence-corrected chi connectivity index (χ1v) is 11.6. The van der Waals surface area contributed by atoms with Gasteiger partial charge in [-0.3, -0.25) is 4.90 Å². The van der Waals surface area contributed by atoms with Gasteiger partial charge in [0.1, 0.15) is 5.75 Å². The van der Waals surface area contributed by atoms with E-state index in [9.17, 15) is 9.90 Å². The largest absolute Gasteiger partial charge is 0.497 e. The van der Waals surface area contributed by atoms with Crippen molar-refractivity contribution in [3.63, 3.8) is 0 Å². The van der Waals surface area contributed by atoms with Crippen LogP contribution in [0.3, 0.4) is 0 Å². The van der Waals surface area contributed by atoms with Gasteiger partial charge < -0.3 is 25.0 Å². The topological polar surface area (TPSA) is 80.8 Å². The Morgan fingerprint density at radius 3 is 2.64 bits per heavy atom. The summed E-state index contributed by atoms with van der Waals surface area (Å²) < 4.78 is 5.44. The van der Waals surface area contributed by atoms with Crippen LogP contribution in [-0.4, -0.2) is 65.3 Å². The van der Waals surface area contributed by atoms with Gasteiger partial charge in [0, 0.05) is 60.3 Å². The van der Waals surface area contributed by atoms with Crippen LogP contribution in [0.2, 0.25) is 0 Å². The van der Waals surface area contributed by atoms with Gasteiger partial charge in [-0.1, -0.05) is 30.3 Å². The van der Waals surface area contributed by atoms with E-state index < -0.39 is 0 Å². The Kier molecular flexibility index (Phi) is 5.54. The highest BCUT2D eigenvalue weighted by molar-refractivity contribution is 5.89. The minimum absolute atomic E-state index is 0.0161. The number of carbonyl (C=O) groups is 1. The summed E-state index contributed by atoms with van der Waals surface area (Å²) in [6.45, 7) is 6.81. The van der Waals surface area contributed by atoms with E-state index in [0.717, 1.165) is 35.4 Å². The molecule has 7 nitrogen and oxygen atoms in total. The van der Waals surface area contributed by atoms with Crippen molar-refractivity contribution >= 4 is 16.9 Å². The molecule has 1 atom stereocenters. The van der Waals surface area contributed by atoms with E-state index in [1.54, 1.807) is 7.11 Å². The number of hydrogen-bond acceptors (Lipinski definition) is 4. The van der Waals surface area contributed by atoms with Crippen LogP contribution in [0.25, 0.3) is 10.9 Å². The van der Waals surface area contributed by atoms with E-state index in [-0.39, 0.29) is 30.1 Å². The number of amides is 2. The van der Waals surface area contributed by atoms with Gasteiger partial charge in [-0.25, -0.2) is 4.79 Å². The van der Waals surface area contributed by atoms with Crippen LogP contribution in [0.15, 0.2) is 48.5 Å². The predicted molar refractivity (Wildman–Crippen MR) is 128 cm³/mol. The first kappa shape index (κ1) is 21.8. The first-order valence-electron chi connectivity index (χ1n) is 11.6. The Morgan fingerprint density at radius 2 is 1.97 bits per heavy atom. The zero-order chi connectivity index (χ0) is 23.2.